The predicted octanol–water partition coefficient (Wildman–Crippen LogP) is -1.73. The molecule has 0 amide bonds. The number of hydrogen-bond donors (Lipinski definition) is 0. The van der Waals surface area contributed by atoms with Gasteiger partial charge < -0.3 is 9.90 Å². The predicted molar refractivity (Wildman–Crippen MR) is 49.3 cm³/mol. The van der Waals surface area contributed by atoms with E-state index in [4.69, 9.17) is 11.6 Å². The van der Waals surface area contributed by atoms with Crippen LogP contribution in [0.4, 0.5) is 0 Å². The molecule has 0 heterocycles. The van der Waals surface area contributed by atoms with Gasteiger partial charge in [-0.1, -0.05) is 30.7 Å². The third kappa shape index (κ3) is 4.47. The van der Waals surface area contributed by atoms with Crippen LogP contribution in [-0.4, -0.2) is 5.97 Å². The average Bonchev–Trinajstić information content (AvgIpc) is 2.08. The van der Waals surface area contributed by atoms with E-state index in [1.807, 2.05) is 12.1 Å². The summed E-state index contributed by atoms with van der Waals surface area (Å²) in [5.74, 6) is -1.48. The van der Waals surface area contributed by atoms with Gasteiger partial charge in [0.25, 0.3) is 0 Å². The van der Waals surface area contributed by atoms with Crippen LogP contribution in [0.2, 0.25) is 5.02 Å². The Hall–Kier alpha value is -0.0200. The number of carboxylic acids is 1. The molecule has 0 aromatic heterocycles. The van der Waals surface area contributed by atoms with E-state index in [0.29, 0.717) is 11.4 Å². The van der Waals surface area contributed by atoms with Gasteiger partial charge in [-0.25, -0.2) is 0 Å². The molecular weight excluding hydrogens is 211 g/mol. The molecule has 0 saturated heterocycles. The van der Waals surface area contributed by atoms with Gasteiger partial charge in [-0.15, -0.1) is 0 Å². The van der Waals surface area contributed by atoms with E-state index >= 15 is 0 Å². The largest absolute Gasteiger partial charge is 1.00 e. The van der Waals surface area contributed by atoms with E-state index in [0.717, 1.165) is 5.56 Å². The van der Waals surface area contributed by atoms with Crippen molar-refractivity contribution in [3.63, 3.8) is 0 Å². The van der Waals surface area contributed by atoms with Crippen LogP contribution in [0, 0.1) is 5.92 Å². The molecule has 0 aliphatic rings. The molecule has 1 unspecified atom stereocenters. The number of carbonyl (C=O) groups is 1. The van der Waals surface area contributed by atoms with E-state index in [1.54, 1.807) is 19.1 Å². The zero-order chi connectivity index (χ0) is 9.84. The third-order valence-electron chi connectivity index (χ3n) is 1.86. The van der Waals surface area contributed by atoms with E-state index in [1.165, 1.54) is 0 Å². The van der Waals surface area contributed by atoms with Gasteiger partial charge >= 0.3 is 29.6 Å². The van der Waals surface area contributed by atoms with Gasteiger partial charge in [-0.3, -0.25) is 0 Å². The van der Waals surface area contributed by atoms with Crippen LogP contribution in [0.5, 0.6) is 0 Å². The second kappa shape index (κ2) is 6.46. The molecule has 0 radical (unpaired) electrons. The maximum atomic E-state index is 10.4. The molecule has 14 heavy (non-hydrogen) atoms. The maximum Gasteiger partial charge on any atom is 1.00 e. The molecule has 0 bridgehead atoms. The molecule has 1 atom stereocenters. The van der Waals surface area contributed by atoms with Gasteiger partial charge in [0.2, 0.25) is 0 Å². The normalized spacial score (nSPS) is 11.6. The molecule has 0 N–H and O–H groups in total. The van der Waals surface area contributed by atoms with Crippen molar-refractivity contribution in [3.05, 3.63) is 34.9 Å². The molecular formula is C10H10ClNaO2. The topological polar surface area (TPSA) is 40.1 Å². The van der Waals surface area contributed by atoms with E-state index < -0.39 is 11.9 Å². The fourth-order valence-electron chi connectivity index (χ4n) is 1.06. The van der Waals surface area contributed by atoms with Crippen LogP contribution in [0.1, 0.15) is 12.5 Å². The third-order valence-corrected chi connectivity index (χ3v) is 2.11. The van der Waals surface area contributed by atoms with Crippen LogP contribution in [-0.2, 0) is 11.2 Å². The maximum absolute atomic E-state index is 10.4. The minimum absolute atomic E-state index is 0. The average molecular weight is 221 g/mol. The van der Waals surface area contributed by atoms with Crippen molar-refractivity contribution >= 4 is 17.6 Å². The Balaban J connectivity index is 0.00000169. The monoisotopic (exact) mass is 220 g/mol. The number of aliphatic carboxylic acids is 1. The summed E-state index contributed by atoms with van der Waals surface area (Å²) < 4.78 is 0. The van der Waals surface area contributed by atoms with Crippen molar-refractivity contribution < 1.29 is 39.5 Å². The van der Waals surface area contributed by atoms with Crippen molar-refractivity contribution in [1.29, 1.82) is 0 Å². The minimum Gasteiger partial charge on any atom is -0.550 e. The molecule has 1 aromatic carbocycles. The Kier molecular flexibility index (Phi) is 6.45. The Morgan fingerprint density at radius 3 is 2.36 bits per heavy atom. The van der Waals surface area contributed by atoms with Crippen LogP contribution in [0.25, 0.3) is 0 Å². The van der Waals surface area contributed by atoms with Gasteiger partial charge in [-0.2, -0.15) is 0 Å². The summed E-state index contributed by atoms with van der Waals surface area (Å²) in [6, 6.07) is 7.14. The first-order chi connectivity index (χ1) is 6.09. The molecule has 0 spiro atoms. The van der Waals surface area contributed by atoms with Crippen LogP contribution >= 0.6 is 11.6 Å². The standard InChI is InChI=1S/C10H11ClO2.Na/c1-7(10(12)13)6-8-2-4-9(11)5-3-8;/h2-5,7H,6H2,1H3,(H,12,13);/q;+1/p-1. The fraction of sp³-hybridized carbons (Fsp3) is 0.300. The summed E-state index contributed by atoms with van der Waals surface area (Å²) in [5.41, 5.74) is 0.959. The number of hydrogen-bond acceptors (Lipinski definition) is 2. The second-order valence-corrected chi connectivity index (χ2v) is 3.49. The number of rotatable bonds is 3. The van der Waals surface area contributed by atoms with Crippen LogP contribution < -0.4 is 34.7 Å². The quantitative estimate of drug-likeness (QED) is 0.569. The first-order valence-corrected chi connectivity index (χ1v) is 4.42. The van der Waals surface area contributed by atoms with Crippen LogP contribution in [0.3, 0.4) is 0 Å². The number of halogens is 1. The first kappa shape index (κ1) is 14.0. The molecule has 0 fully saturated rings. The Morgan fingerprint density at radius 2 is 1.93 bits per heavy atom. The molecule has 2 nitrogen and oxygen atoms in total. The number of benzene rings is 1. The van der Waals surface area contributed by atoms with Gasteiger partial charge in [0.15, 0.2) is 0 Å². The van der Waals surface area contributed by atoms with Gasteiger partial charge in [0.05, 0.1) is 0 Å². The second-order valence-electron chi connectivity index (χ2n) is 3.05. The Labute approximate surface area is 111 Å². The Bertz CT molecular complexity index is 297. The molecule has 4 heteroatoms. The van der Waals surface area contributed by atoms with E-state index in [2.05, 4.69) is 0 Å². The summed E-state index contributed by atoms with van der Waals surface area (Å²) in [6.07, 6.45) is 0.486. The minimum atomic E-state index is -1.02. The van der Waals surface area contributed by atoms with Gasteiger partial charge in [-0.05, 0) is 30.0 Å². The summed E-state index contributed by atoms with van der Waals surface area (Å²) in [5, 5.41) is 11.1. The fourth-order valence-corrected chi connectivity index (χ4v) is 1.18. The molecule has 1 aromatic rings. The molecule has 70 valence electrons. The van der Waals surface area contributed by atoms with Crippen molar-refractivity contribution in [3.8, 4) is 0 Å². The summed E-state index contributed by atoms with van der Waals surface area (Å²) in [6.45, 7) is 1.63. The Morgan fingerprint density at radius 1 is 1.43 bits per heavy atom. The summed E-state index contributed by atoms with van der Waals surface area (Å²) >= 11 is 5.68. The van der Waals surface area contributed by atoms with Crippen molar-refractivity contribution in [2.75, 3.05) is 0 Å². The zero-order valence-electron chi connectivity index (χ0n) is 8.29. The molecule has 0 saturated carbocycles. The van der Waals surface area contributed by atoms with Gasteiger partial charge in [0.1, 0.15) is 0 Å². The van der Waals surface area contributed by atoms with Crippen molar-refractivity contribution in [2.24, 2.45) is 5.92 Å². The summed E-state index contributed by atoms with van der Waals surface area (Å²) in [4.78, 5) is 10.4. The molecule has 0 aliphatic heterocycles. The van der Waals surface area contributed by atoms with Crippen LogP contribution in [0.15, 0.2) is 24.3 Å². The smallest absolute Gasteiger partial charge is 0.550 e. The first-order valence-electron chi connectivity index (χ1n) is 4.05. The number of carbonyl (C=O) groups excluding carboxylic acids is 1. The van der Waals surface area contributed by atoms with Gasteiger partial charge in [0, 0.05) is 11.0 Å². The molecule has 1 rings (SSSR count). The van der Waals surface area contributed by atoms with Crippen molar-refractivity contribution in [2.45, 2.75) is 13.3 Å². The molecule has 0 aliphatic carbocycles. The summed E-state index contributed by atoms with van der Waals surface area (Å²) in [7, 11) is 0. The SMILES string of the molecule is CC(Cc1ccc(Cl)cc1)C(=O)[O-].[Na+]. The number of carboxylic acid groups (broad SMARTS) is 1. The van der Waals surface area contributed by atoms with Crippen molar-refractivity contribution in [1.82, 2.24) is 0 Å². The van der Waals surface area contributed by atoms with E-state index in [-0.39, 0.29) is 29.6 Å². The van der Waals surface area contributed by atoms with E-state index in [9.17, 15) is 9.90 Å². The zero-order valence-corrected chi connectivity index (χ0v) is 11.0.